The van der Waals surface area contributed by atoms with E-state index in [9.17, 15) is 9.59 Å². The van der Waals surface area contributed by atoms with Gasteiger partial charge in [0.1, 0.15) is 18.2 Å². The fraction of sp³-hybridized carbons (Fsp3) is 0.440. The minimum atomic E-state index is -0.272. The van der Waals surface area contributed by atoms with E-state index >= 15 is 0 Å². The summed E-state index contributed by atoms with van der Waals surface area (Å²) >= 11 is 0. The van der Waals surface area contributed by atoms with Gasteiger partial charge in [-0.25, -0.2) is 0 Å². The van der Waals surface area contributed by atoms with Gasteiger partial charge >= 0.3 is 5.97 Å². The van der Waals surface area contributed by atoms with Crippen molar-refractivity contribution in [2.75, 3.05) is 37.7 Å². The van der Waals surface area contributed by atoms with Gasteiger partial charge in [-0.3, -0.25) is 20.0 Å². The van der Waals surface area contributed by atoms with Crippen LogP contribution in [0.2, 0.25) is 0 Å². The van der Waals surface area contributed by atoms with Gasteiger partial charge in [-0.05, 0) is 49.9 Å². The van der Waals surface area contributed by atoms with Crippen LogP contribution < -0.4 is 20.7 Å². The van der Waals surface area contributed by atoms with Crippen LogP contribution in [0.15, 0.2) is 42.7 Å². The largest absolute Gasteiger partial charge is 0.491 e. The van der Waals surface area contributed by atoms with Crippen LogP contribution in [0.25, 0.3) is 0 Å². The first-order valence-corrected chi connectivity index (χ1v) is 11.7. The lowest BCUT2D eigenvalue weighted by atomic mass is 9.95. The molecule has 3 rings (SSSR count). The minimum absolute atomic E-state index is 0.0146. The lowest BCUT2D eigenvalue weighted by Gasteiger charge is -2.32. The molecule has 0 unspecified atom stereocenters. The Hall–Kier alpha value is -3.62. The van der Waals surface area contributed by atoms with Gasteiger partial charge in [0.15, 0.2) is 0 Å². The monoisotopic (exact) mass is 467 g/mol. The van der Waals surface area contributed by atoms with E-state index in [1.165, 1.54) is 0 Å². The van der Waals surface area contributed by atoms with E-state index in [4.69, 9.17) is 20.6 Å². The van der Waals surface area contributed by atoms with Crippen LogP contribution in [-0.4, -0.2) is 55.5 Å². The predicted octanol–water partition coefficient (Wildman–Crippen LogP) is 2.27. The van der Waals surface area contributed by atoms with E-state index in [-0.39, 0.29) is 36.7 Å². The number of amides is 1. The number of ether oxygens (including phenoxy) is 2. The molecule has 1 amide bonds. The fourth-order valence-corrected chi connectivity index (χ4v) is 3.97. The van der Waals surface area contributed by atoms with E-state index < -0.39 is 0 Å². The Balaban J connectivity index is 1.46. The van der Waals surface area contributed by atoms with E-state index in [2.05, 4.69) is 15.2 Å². The highest BCUT2D eigenvalue weighted by Crippen LogP contribution is 2.24. The zero-order valence-corrected chi connectivity index (χ0v) is 19.6. The van der Waals surface area contributed by atoms with Gasteiger partial charge in [0, 0.05) is 49.1 Å². The van der Waals surface area contributed by atoms with Crippen molar-refractivity contribution in [2.45, 2.75) is 32.6 Å². The van der Waals surface area contributed by atoms with Crippen molar-refractivity contribution >= 4 is 23.4 Å². The molecule has 0 atom stereocenters. The van der Waals surface area contributed by atoms with Crippen LogP contribution >= 0.6 is 0 Å². The van der Waals surface area contributed by atoms with E-state index in [1.807, 2.05) is 12.1 Å². The SMILES string of the molecule is CCOC(=O)CCc1ccc(C(=N)N)cc1OCCNC(=O)C1CCN(c2ccncc2)CC1. The molecule has 2 heterocycles. The van der Waals surface area contributed by atoms with Crippen LogP contribution in [0.5, 0.6) is 5.75 Å². The molecule has 1 aliphatic rings. The molecule has 9 nitrogen and oxygen atoms in total. The number of aryl methyl sites for hydroxylation is 1. The summed E-state index contributed by atoms with van der Waals surface area (Å²) in [5, 5.41) is 10.6. The lowest BCUT2D eigenvalue weighted by molar-refractivity contribution is -0.143. The molecule has 34 heavy (non-hydrogen) atoms. The third kappa shape index (κ3) is 7.19. The van der Waals surface area contributed by atoms with Gasteiger partial charge < -0.3 is 25.4 Å². The number of hydrogen-bond donors (Lipinski definition) is 3. The first-order chi connectivity index (χ1) is 16.5. The minimum Gasteiger partial charge on any atom is -0.491 e. The second-order valence-electron chi connectivity index (χ2n) is 8.15. The number of nitrogens with one attached hydrogen (secondary N) is 2. The Kier molecular flexibility index (Phi) is 9.25. The number of carbonyl (C=O) groups excluding carboxylic acids is 2. The summed E-state index contributed by atoms with van der Waals surface area (Å²) in [6.45, 7) is 4.42. The van der Waals surface area contributed by atoms with Gasteiger partial charge in [-0.1, -0.05) is 12.1 Å². The average Bonchev–Trinajstić information content (AvgIpc) is 2.86. The number of benzene rings is 1. The number of anilines is 1. The van der Waals surface area contributed by atoms with Gasteiger partial charge in [0.2, 0.25) is 5.91 Å². The molecule has 9 heteroatoms. The Morgan fingerprint density at radius 3 is 2.62 bits per heavy atom. The van der Waals surface area contributed by atoms with Crippen LogP contribution in [0.4, 0.5) is 5.69 Å². The molecular formula is C25H33N5O4. The van der Waals surface area contributed by atoms with Gasteiger partial charge in [-0.2, -0.15) is 0 Å². The number of nitrogen functional groups attached to an aromatic ring is 1. The maximum absolute atomic E-state index is 12.6. The first kappa shape index (κ1) is 25.0. The van der Waals surface area contributed by atoms with Crippen LogP contribution in [0.1, 0.15) is 37.3 Å². The molecular weight excluding hydrogens is 434 g/mol. The summed E-state index contributed by atoms with van der Waals surface area (Å²) < 4.78 is 10.9. The summed E-state index contributed by atoms with van der Waals surface area (Å²) in [7, 11) is 0. The normalized spacial score (nSPS) is 13.9. The number of nitrogens with two attached hydrogens (primary N) is 1. The zero-order valence-electron chi connectivity index (χ0n) is 19.6. The van der Waals surface area contributed by atoms with Crippen molar-refractivity contribution in [3.8, 4) is 5.75 Å². The third-order valence-electron chi connectivity index (χ3n) is 5.83. The van der Waals surface area contributed by atoms with Crippen molar-refractivity contribution in [3.63, 3.8) is 0 Å². The van der Waals surface area contributed by atoms with Crippen molar-refractivity contribution in [3.05, 3.63) is 53.9 Å². The number of hydrogen-bond acceptors (Lipinski definition) is 7. The summed E-state index contributed by atoms with van der Waals surface area (Å²) in [6, 6.07) is 9.20. The highest BCUT2D eigenvalue weighted by molar-refractivity contribution is 5.95. The van der Waals surface area contributed by atoms with Crippen LogP contribution in [-0.2, 0) is 20.7 Å². The smallest absolute Gasteiger partial charge is 0.306 e. The highest BCUT2D eigenvalue weighted by atomic mass is 16.5. The molecule has 182 valence electrons. The molecule has 1 aliphatic heterocycles. The Morgan fingerprint density at radius 1 is 1.21 bits per heavy atom. The van der Waals surface area contributed by atoms with Crippen molar-refractivity contribution in [1.82, 2.24) is 10.3 Å². The van der Waals surface area contributed by atoms with E-state index in [0.717, 1.165) is 37.2 Å². The molecule has 1 saturated heterocycles. The quantitative estimate of drug-likeness (QED) is 0.200. The van der Waals surface area contributed by atoms with Crippen molar-refractivity contribution in [2.24, 2.45) is 11.7 Å². The van der Waals surface area contributed by atoms with Crippen LogP contribution in [0, 0.1) is 11.3 Å². The summed E-state index contributed by atoms with van der Waals surface area (Å²) in [6.07, 6.45) is 5.85. The summed E-state index contributed by atoms with van der Waals surface area (Å²) in [5.41, 5.74) is 8.11. The van der Waals surface area contributed by atoms with E-state index in [0.29, 0.717) is 30.9 Å². The number of rotatable bonds is 11. The van der Waals surface area contributed by atoms with Gasteiger partial charge in [-0.15, -0.1) is 0 Å². The second kappa shape index (κ2) is 12.6. The van der Waals surface area contributed by atoms with Crippen molar-refractivity contribution < 1.29 is 19.1 Å². The number of nitrogens with zero attached hydrogens (tertiary/aromatic N) is 2. The maximum Gasteiger partial charge on any atom is 0.306 e. The molecule has 0 aliphatic carbocycles. The third-order valence-corrected chi connectivity index (χ3v) is 5.83. The molecule has 1 aromatic heterocycles. The van der Waals surface area contributed by atoms with Gasteiger partial charge in [0.05, 0.1) is 13.2 Å². The first-order valence-electron chi connectivity index (χ1n) is 11.7. The Bertz CT molecular complexity index is 975. The maximum atomic E-state index is 12.6. The molecule has 2 aromatic rings. The number of pyridine rings is 1. The number of aromatic nitrogens is 1. The molecule has 4 N–H and O–H groups in total. The number of piperidine rings is 1. The Labute approximate surface area is 200 Å². The lowest BCUT2D eigenvalue weighted by Crippen LogP contribution is -2.41. The second-order valence-corrected chi connectivity index (χ2v) is 8.15. The van der Waals surface area contributed by atoms with Crippen LogP contribution in [0.3, 0.4) is 0 Å². The number of amidine groups is 1. The van der Waals surface area contributed by atoms with Crippen molar-refractivity contribution in [1.29, 1.82) is 5.41 Å². The molecule has 0 saturated carbocycles. The van der Waals surface area contributed by atoms with E-state index in [1.54, 1.807) is 37.5 Å². The molecule has 0 bridgehead atoms. The fourth-order valence-electron chi connectivity index (χ4n) is 3.97. The topological polar surface area (TPSA) is 131 Å². The van der Waals surface area contributed by atoms with Gasteiger partial charge in [0.25, 0.3) is 0 Å². The standard InChI is InChI=1S/C25H33N5O4/c1-2-33-23(31)6-5-18-3-4-20(24(26)27)17-22(18)34-16-13-29-25(32)19-9-14-30(15-10-19)21-7-11-28-12-8-21/h3-4,7-8,11-12,17,19H,2,5-6,9-10,13-16H2,1H3,(H3,26,27)(H,29,32). The summed E-state index contributed by atoms with van der Waals surface area (Å²) in [4.78, 5) is 30.7. The Morgan fingerprint density at radius 2 is 1.94 bits per heavy atom. The molecule has 0 radical (unpaired) electrons. The number of esters is 1. The molecule has 0 spiro atoms. The highest BCUT2D eigenvalue weighted by Gasteiger charge is 2.24. The molecule has 1 aromatic carbocycles. The number of carbonyl (C=O) groups is 2. The zero-order chi connectivity index (χ0) is 24.3. The summed E-state index contributed by atoms with van der Waals surface area (Å²) in [5.74, 6) is 0.244. The predicted molar refractivity (Wildman–Crippen MR) is 130 cm³/mol. The molecule has 1 fully saturated rings. The average molecular weight is 468 g/mol.